The third-order valence-corrected chi connectivity index (χ3v) is 4.83. The highest BCUT2D eigenvalue weighted by molar-refractivity contribution is 4.93. The number of nitrogens with two attached hydrogens (primary N) is 1. The molecule has 3 unspecified atom stereocenters. The first-order chi connectivity index (χ1) is 7.59. The molecule has 3 atom stereocenters. The molecule has 0 radical (unpaired) electrons. The summed E-state index contributed by atoms with van der Waals surface area (Å²) in [4.78, 5) is 0. The van der Waals surface area contributed by atoms with Crippen LogP contribution in [0.5, 0.6) is 0 Å². The fourth-order valence-electron chi connectivity index (χ4n) is 3.45. The zero-order valence-corrected chi connectivity index (χ0v) is 10.9. The van der Waals surface area contributed by atoms with Gasteiger partial charge in [-0.15, -0.1) is 0 Å². The number of ether oxygens (including phenoxy) is 1. The molecule has 2 nitrogen and oxygen atoms in total. The third-order valence-electron chi connectivity index (χ3n) is 4.83. The third kappa shape index (κ3) is 2.98. The second kappa shape index (κ2) is 5.05. The van der Waals surface area contributed by atoms with Gasteiger partial charge in [0.1, 0.15) is 0 Å². The van der Waals surface area contributed by atoms with Crippen LogP contribution in [0, 0.1) is 17.8 Å². The normalized spacial score (nSPS) is 42.2. The van der Waals surface area contributed by atoms with E-state index in [1.165, 1.54) is 38.5 Å². The van der Waals surface area contributed by atoms with Crippen molar-refractivity contribution in [3.63, 3.8) is 0 Å². The lowest BCUT2D eigenvalue weighted by Gasteiger charge is -2.42. The number of hydrogen-bond acceptors (Lipinski definition) is 2. The van der Waals surface area contributed by atoms with Gasteiger partial charge in [-0.05, 0) is 56.3 Å². The van der Waals surface area contributed by atoms with Crippen LogP contribution in [0.2, 0.25) is 0 Å². The molecule has 1 saturated heterocycles. The molecular weight excluding hydrogens is 198 g/mol. The van der Waals surface area contributed by atoms with Crippen LogP contribution in [0.3, 0.4) is 0 Å². The van der Waals surface area contributed by atoms with Gasteiger partial charge in [-0.25, -0.2) is 0 Å². The smallest absolute Gasteiger partial charge is 0.0468 e. The van der Waals surface area contributed by atoms with Crippen molar-refractivity contribution in [3.8, 4) is 0 Å². The molecule has 1 aliphatic heterocycles. The van der Waals surface area contributed by atoms with E-state index >= 15 is 0 Å². The standard InChI is InChI=1S/C14H27NO/c1-11-3-6-14(15,9-12(11)2)10-13-4-7-16-8-5-13/h11-13H,3-10,15H2,1-2H3. The summed E-state index contributed by atoms with van der Waals surface area (Å²) in [6.07, 6.45) is 7.46. The fourth-order valence-corrected chi connectivity index (χ4v) is 3.45. The second-order valence-corrected chi connectivity index (χ2v) is 6.32. The van der Waals surface area contributed by atoms with Crippen LogP contribution in [-0.4, -0.2) is 18.8 Å². The van der Waals surface area contributed by atoms with Gasteiger partial charge in [0.05, 0.1) is 0 Å². The summed E-state index contributed by atoms with van der Waals surface area (Å²) in [5.74, 6) is 2.49. The minimum Gasteiger partial charge on any atom is -0.381 e. The predicted molar refractivity (Wildman–Crippen MR) is 67.3 cm³/mol. The van der Waals surface area contributed by atoms with Gasteiger partial charge in [-0.1, -0.05) is 13.8 Å². The maximum atomic E-state index is 6.60. The van der Waals surface area contributed by atoms with E-state index < -0.39 is 0 Å². The maximum Gasteiger partial charge on any atom is 0.0468 e. The van der Waals surface area contributed by atoms with Crippen LogP contribution in [0.25, 0.3) is 0 Å². The summed E-state index contributed by atoms with van der Waals surface area (Å²) >= 11 is 0. The quantitative estimate of drug-likeness (QED) is 0.784. The van der Waals surface area contributed by atoms with E-state index in [9.17, 15) is 0 Å². The van der Waals surface area contributed by atoms with Crippen molar-refractivity contribution in [2.75, 3.05) is 13.2 Å². The zero-order chi connectivity index (χ0) is 11.6. The van der Waals surface area contributed by atoms with Crippen LogP contribution in [-0.2, 0) is 4.74 Å². The molecule has 2 heteroatoms. The molecule has 1 saturated carbocycles. The molecule has 1 aliphatic carbocycles. The van der Waals surface area contributed by atoms with E-state index in [-0.39, 0.29) is 5.54 Å². The van der Waals surface area contributed by atoms with Crippen molar-refractivity contribution in [2.24, 2.45) is 23.5 Å². The Kier molecular flexibility index (Phi) is 3.91. The molecule has 2 fully saturated rings. The van der Waals surface area contributed by atoms with Crippen LogP contribution in [0.4, 0.5) is 0 Å². The Morgan fingerprint density at radius 2 is 1.81 bits per heavy atom. The minimum absolute atomic E-state index is 0.133. The van der Waals surface area contributed by atoms with Crippen molar-refractivity contribution in [1.29, 1.82) is 0 Å². The predicted octanol–water partition coefficient (Wildman–Crippen LogP) is 2.96. The van der Waals surface area contributed by atoms with Gasteiger partial charge >= 0.3 is 0 Å². The first-order valence-corrected chi connectivity index (χ1v) is 6.96. The van der Waals surface area contributed by atoms with Crippen LogP contribution < -0.4 is 5.73 Å². The van der Waals surface area contributed by atoms with E-state index in [1.54, 1.807) is 0 Å². The monoisotopic (exact) mass is 225 g/mol. The lowest BCUT2D eigenvalue weighted by Crippen LogP contribution is -2.47. The summed E-state index contributed by atoms with van der Waals surface area (Å²) < 4.78 is 5.42. The Balaban J connectivity index is 1.87. The fraction of sp³-hybridized carbons (Fsp3) is 1.00. The van der Waals surface area contributed by atoms with Gasteiger partial charge in [0.2, 0.25) is 0 Å². The molecule has 0 aromatic rings. The van der Waals surface area contributed by atoms with Gasteiger partial charge in [-0.3, -0.25) is 0 Å². The summed E-state index contributed by atoms with van der Waals surface area (Å²) in [6.45, 7) is 6.65. The maximum absolute atomic E-state index is 6.60. The SMILES string of the molecule is CC1CCC(N)(CC2CCOCC2)CC1C. The molecule has 2 aliphatic rings. The Bertz CT molecular complexity index is 225. The van der Waals surface area contributed by atoms with Crippen molar-refractivity contribution in [2.45, 2.75) is 57.9 Å². The van der Waals surface area contributed by atoms with Crippen molar-refractivity contribution >= 4 is 0 Å². The minimum atomic E-state index is 0.133. The highest BCUT2D eigenvalue weighted by atomic mass is 16.5. The largest absolute Gasteiger partial charge is 0.381 e. The lowest BCUT2D eigenvalue weighted by atomic mass is 9.68. The molecule has 2 N–H and O–H groups in total. The Morgan fingerprint density at radius 1 is 1.12 bits per heavy atom. The molecule has 0 amide bonds. The molecule has 0 spiro atoms. The highest BCUT2D eigenvalue weighted by Crippen LogP contribution is 2.39. The summed E-state index contributed by atoms with van der Waals surface area (Å²) in [6, 6.07) is 0. The molecule has 94 valence electrons. The van der Waals surface area contributed by atoms with Crippen LogP contribution in [0.1, 0.15) is 52.4 Å². The van der Waals surface area contributed by atoms with Crippen molar-refractivity contribution in [3.05, 3.63) is 0 Å². The van der Waals surface area contributed by atoms with Gasteiger partial charge in [-0.2, -0.15) is 0 Å². The van der Waals surface area contributed by atoms with Gasteiger partial charge in [0.15, 0.2) is 0 Å². The molecule has 2 rings (SSSR count). The molecule has 0 bridgehead atoms. The molecule has 16 heavy (non-hydrogen) atoms. The van der Waals surface area contributed by atoms with E-state index in [1.807, 2.05) is 0 Å². The second-order valence-electron chi connectivity index (χ2n) is 6.32. The van der Waals surface area contributed by atoms with Crippen molar-refractivity contribution in [1.82, 2.24) is 0 Å². The summed E-state index contributed by atoms with van der Waals surface area (Å²) in [7, 11) is 0. The number of rotatable bonds is 2. The highest BCUT2D eigenvalue weighted by Gasteiger charge is 2.36. The number of hydrogen-bond donors (Lipinski definition) is 1. The van der Waals surface area contributed by atoms with Crippen molar-refractivity contribution < 1.29 is 4.74 Å². The van der Waals surface area contributed by atoms with Crippen LogP contribution >= 0.6 is 0 Å². The average Bonchev–Trinajstić information content (AvgIpc) is 2.25. The Hall–Kier alpha value is -0.0800. The first kappa shape index (κ1) is 12.4. The lowest BCUT2D eigenvalue weighted by molar-refractivity contribution is 0.0470. The molecule has 0 aromatic carbocycles. The van der Waals surface area contributed by atoms with Gasteiger partial charge < -0.3 is 10.5 Å². The Morgan fingerprint density at radius 3 is 2.44 bits per heavy atom. The molecule has 0 aromatic heterocycles. The summed E-state index contributed by atoms with van der Waals surface area (Å²) in [5, 5.41) is 0. The van der Waals surface area contributed by atoms with E-state index in [0.717, 1.165) is 31.0 Å². The molecular formula is C14H27NO. The zero-order valence-electron chi connectivity index (χ0n) is 10.9. The Labute approximate surface area is 99.9 Å². The van der Waals surface area contributed by atoms with Gasteiger partial charge in [0, 0.05) is 18.8 Å². The van der Waals surface area contributed by atoms with E-state index in [4.69, 9.17) is 10.5 Å². The van der Waals surface area contributed by atoms with Crippen LogP contribution in [0.15, 0.2) is 0 Å². The van der Waals surface area contributed by atoms with E-state index in [0.29, 0.717) is 0 Å². The topological polar surface area (TPSA) is 35.2 Å². The van der Waals surface area contributed by atoms with E-state index in [2.05, 4.69) is 13.8 Å². The first-order valence-electron chi connectivity index (χ1n) is 6.96. The molecule has 1 heterocycles. The summed E-state index contributed by atoms with van der Waals surface area (Å²) in [5.41, 5.74) is 6.73. The van der Waals surface area contributed by atoms with Gasteiger partial charge in [0.25, 0.3) is 0 Å². The average molecular weight is 225 g/mol.